The fraction of sp³-hybridized carbons (Fsp3) is 0.300. The molecule has 0 bridgehead atoms. The average Bonchev–Trinajstić information content (AvgIpc) is 2.20. The van der Waals surface area contributed by atoms with E-state index in [0.717, 1.165) is 5.56 Å². The second-order valence-electron chi connectivity index (χ2n) is 2.69. The molecule has 0 saturated carbocycles. The molecular weight excluding hydrogens is 182 g/mol. The fourth-order valence-corrected chi connectivity index (χ4v) is 1.03. The van der Waals surface area contributed by atoms with Gasteiger partial charge in [-0.1, -0.05) is 0 Å². The lowest BCUT2D eigenvalue weighted by atomic mass is 10.2. The molecule has 0 amide bonds. The number of rotatable bonds is 4. The van der Waals surface area contributed by atoms with Crippen LogP contribution in [0.15, 0.2) is 23.2 Å². The van der Waals surface area contributed by atoms with Crippen molar-refractivity contribution in [2.24, 2.45) is 4.99 Å². The lowest BCUT2D eigenvalue weighted by Crippen LogP contribution is -1.93. The minimum Gasteiger partial charge on any atom is -0.508 e. The molecule has 0 atom stereocenters. The summed E-state index contributed by atoms with van der Waals surface area (Å²) in [5.74, 6) is 0.716. The van der Waals surface area contributed by atoms with Gasteiger partial charge in [0.25, 0.3) is 0 Å². The summed E-state index contributed by atoms with van der Waals surface area (Å²) >= 11 is 0. The second-order valence-corrected chi connectivity index (χ2v) is 2.69. The summed E-state index contributed by atoms with van der Waals surface area (Å²) in [7, 11) is 1.53. The summed E-state index contributed by atoms with van der Waals surface area (Å²) in [6.07, 6.45) is 1.61. The standard InChI is InChI=1S/C10H13NO3/c1-14-10-6-9(13)3-2-8(10)7-11-4-5-12/h2-3,6-7,12-13H,4-5H2,1H3/b11-7+. The second kappa shape index (κ2) is 5.24. The quantitative estimate of drug-likeness (QED) is 0.699. The van der Waals surface area contributed by atoms with Crippen LogP contribution in [0.5, 0.6) is 11.5 Å². The van der Waals surface area contributed by atoms with E-state index in [1.807, 2.05) is 0 Å². The number of methoxy groups -OCH3 is 1. The first kappa shape index (κ1) is 10.5. The van der Waals surface area contributed by atoms with Crippen LogP contribution in [-0.2, 0) is 0 Å². The maximum absolute atomic E-state index is 9.18. The van der Waals surface area contributed by atoms with E-state index in [9.17, 15) is 5.11 Å². The number of hydrogen-bond acceptors (Lipinski definition) is 4. The van der Waals surface area contributed by atoms with Crippen molar-refractivity contribution in [2.45, 2.75) is 0 Å². The zero-order valence-electron chi connectivity index (χ0n) is 7.97. The number of nitrogens with zero attached hydrogens (tertiary/aromatic N) is 1. The molecule has 0 aliphatic heterocycles. The van der Waals surface area contributed by atoms with Gasteiger partial charge in [-0.15, -0.1) is 0 Å². The molecule has 0 aliphatic rings. The molecular formula is C10H13NO3. The number of aliphatic imine (C=N–C) groups is 1. The van der Waals surface area contributed by atoms with E-state index in [0.29, 0.717) is 12.3 Å². The minimum absolute atomic E-state index is 0.0247. The Morgan fingerprint density at radius 2 is 2.29 bits per heavy atom. The molecule has 0 heterocycles. The molecule has 14 heavy (non-hydrogen) atoms. The largest absolute Gasteiger partial charge is 0.508 e. The van der Waals surface area contributed by atoms with Gasteiger partial charge < -0.3 is 14.9 Å². The molecule has 76 valence electrons. The van der Waals surface area contributed by atoms with Crippen LogP contribution < -0.4 is 4.74 Å². The summed E-state index contributed by atoms with van der Waals surface area (Å²) in [5, 5.41) is 17.7. The van der Waals surface area contributed by atoms with Gasteiger partial charge in [0.1, 0.15) is 11.5 Å². The Hall–Kier alpha value is -1.55. The Morgan fingerprint density at radius 3 is 2.93 bits per heavy atom. The van der Waals surface area contributed by atoms with Crippen molar-refractivity contribution in [1.82, 2.24) is 0 Å². The van der Waals surface area contributed by atoms with Crippen LogP contribution in [0.25, 0.3) is 0 Å². The normalized spacial score (nSPS) is 10.7. The smallest absolute Gasteiger partial charge is 0.131 e. The number of phenolic OH excluding ortho intramolecular Hbond substituents is 1. The molecule has 1 aromatic carbocycles. The van der Waals surface area contributed by atoms with Crippen molar-refractivity contribution >= 4 is 6.21 Å². The molecule has 0 unspecified atom stereocenters. The first-order valence-corrected chi connectivity index (χ1v) is 4.25. The van der Waals surface area contributed by atoms with Crippen LogP contribution in [0.1, 0.15) is 5.56 Å². The van der Waals surface area contributed by atoms with E-state index in [2.05, 4.69) is 4.99 Å². The molecule has 0 radical (unpaired) electrons. The molecule has 0 spiro atoms. The van der Waals surface area contributed by atoms with E-state index in [1.54, 1.807) is 18.3 Å². The summed E-state index contributed by atoms with van der Waals surface area (Å²) in [6.45, 7) is 0.390. The van der Waals surface area contributed by atoms with Gasteiger partial charge in [0, 0.05) is 17.8 Å². The number of aromatic hydroxyl groups is 1. The number of aliphatic hydroxyl groups excluding tert-OH is 1. The van der Waals surface area contributed by atoms with Gasteiger partial charge in [0.05, 0.1) is 20.3 Å². The molecule has 2 N–H and O–H groups in total. The van der Waals surface area contributed by atoms with E-state index >= 15 is 0 Å². The highest BCUT2D eigenvalue weighted by atomic mass is 16.5. The maximum atomic E-state index is 9.18. The zero-order valence-corrected chi connectivity index (χ0v) is 7.97. The molecule has 0 saturated heterocycles. The van der Waals surface area contributed by atoms with Gasteiger partial charge in [-0.3, -0.25) is 4.99 Å². The molecule has 0 aromatic heterocycles. The van der Waals surface area contributed by atoms with Crippen LogP contribution >= 0.6 is 0 Å². The van der Waals surface area contributed by atoms with E-state index < -0.39 is 0 Å². The van der Waals surface area contributed by atoms with Crippen LogP contribution in [0.3, 0.4) is 0 Å². The van der Waals surface area contributed by atoms with Crippen molar-refractivity contribution in [3.63, 3.8) is 0 Å². The van der Waals surface area contributed by atoms with Crippen molar-refractivity contribution in [3.05, 3.63) is 23.8 Å². The zero-order chi connectivity index (χ0) is 10.4. The maximum Gasteiger partial charge on any atom is 0.131 e. The van der Waals surface area contributed by atoms with Gasteiger partial charge in [0.2, 0.25) is 0 Å². The van der Waals surface area contributed by atoms with Gasteiger partial charge >= 0.3 is 0 Å². The van der Waals surface area contributed by atoms with Crippen LogP contribution in [-0.4, -0.2) is 36.7 Å². The number of phenols is 1. The predicted octanol–water partition coefficient (Wildman–Crippen LogP) is 0.812. The minimum atomic E-state index is 0.0247. The number of aliphatic hydroxyl groups is 1. The third-order valence-corrected chi connectivity index (χ3v) is 1.68. The van der Waals surface area contributed by atoms with Crippen molar-refractivity contribution in [3.8, 4) is 11.5 Å². The number of hydrogen-bond donors (Lipinski definition) is 2. The Labute approximate surface area is 82.5 Å². The first-order valence-electron chi connectivity index (χ1n) is 4.25. The van der Waals surface area contributed by atoms with Crippen LogP contribution in [0.2, 0.25) is 0 Å². The summed E-state index contributed by atoms with van der Waals surface area (Å²) in [5.41, 5.74) is 0.777. The monoisotopic (exact) mass is 195 g/mol. The predicted molar refractivity (Wildman–Crippen MR) is 54.2 cm³/mol. The lowest BCUT2D eigenvalue weighted by Gasteiger charge is -2.04. The van der Waals surface area contributed by atoms with Gasteiger partial charge in [0.15, 0.2) is 0 Å². The van der Waals surface area contributed by atoms with Crippen molar-refractivity contribution in [1.29, 1.82) is 0 Å². The molecule has 4 nitrogen and oxygen atoms in total. The summed E-state index contributed by atoms with van der Waals surface area (Å²) < 4.78 is 5.04. The highest BCUT2D eigenvalue weighted by molar-refractivity contribution is 5.83. The SMILES string of the molecule is COc1cc(O)ccc1/C=N/CCO. The van der Waals surface area contributed by atoms with Gasteiger partial charge in [-0.25, -0.2) is 0 Å². The Bertz CT molecular complexity index is 323. The summed E-state index contributed by atoms with van der Waals surface area (Å²) in [6, 6.07) is 4.78. The average molecular weight is 195 g/mol. The lowest BCUT2D eigenvalue weighted by molar-refractivity contribution is 0.307. The van der Waals surface area contributed by atoms with Crippen LogP contribution in [0, 0.1) is 0 Å². The van der Waals surface area contributed by atoms with E-state index in [-0.39, 0.29) is 12.4 Å². The van der Waals surface area contributed by atoms with Crippen molar-refractivity contribution in [2.75, 3.05) is 20.3 Å². The molecule has 1 aromatic rings. The topological polar surface area (TPSA) is 62.0 Å². The third kappa shape index (κ3) is 2.74. The third-order valence-electron chi connectivity index (χ3n) is 1.68. The van der Waals surface area contributed by atoms with Gasteiger partial charge in [-0.2, -0.15) is 0 Å². The number of ether oxygens (including phenoxy) is 1. The molecule has 1 rings (SSSR count). The highest BCUT2D eigenvalue weighted by Crippen LogP contribution is 2.21. The highest BCUT2D eigenvalue weighted by Gasteiger charge is 2.00. The van der Waals surface area contributed by atoms with Crippen LogP contribution in [0.4, 0.5) is 0 Å². The molecule has 0 aliphatic carbocycles. The molecule has 0 fully saturated rings. The fourth-order valence-electron chi connectivity index (χ4n) is 1.03. The van der Waals surface area contributed by atoms with Crippen molar-refractivity contribution < 1.29 is 14.9 Å². The van der Waals surface area contributed by atoms with E-state index in [4.69, 9.17) is 9.84 Å². The molecule has 4 heteroatoms. The first-order chi connectivity index (χ1) is 6.77. The Kier molecular flexibility index (Phi) is 3.94. The van der Waals surface area contributed by atoms with Gasteiger partial charge in [-0.05, 0) is 12.1 Å². The number of benzene rings is 1. The Balaban J connectivity index is 2.85. The van der Waals surface area contributed by atoms with E-state index in [1.165, 1.54) is 13.2 Å². The summed E-state index contributed by atoms with van der Waals surface area (Å²) in [4.78, 5) is 3.96. The Morgan fingerprint density at radius 1 is 1.50 bits per heavy atom.